The molecule has 6 heteroatoms. The van der Waals surface area contributed by atoms with Gasteiger partial charge in [0.05, 0.1) is 0 Å². The van der Waals surface area contributed by atoms with Crippen molar-refractivity contribution in [2.24, 2.45) is 0 Å². The monoisotopic (exact) mass is 895 g/mol. The van der Waals surface area contributed by atoms with Gasteiger partial charge >= 0.3 is 17.9 Å². The van der Waals surface area contributed by atoms with Gasteiger partial charge in [0, 0.05) is 19.3 Å². The van der Waals surface area contributed by atoms with Crippen LogP contribution >= 0.6 is 0 Å². The summed E-state index contributed by atoms with van der Waals surface area (Å²) in [6.07, 6.45) is 65.3. The first kappa shape index (κ1) is 61.1. The lowest BCUT2D eigenvalue weighted by molar-refractivity contribution is -0.167. The SMILES string of the molecule is CC/C=C\C/C=C\C/C=C\C/C=C\C/C=C\CCCC(=O)OC(COC(=O)CCCCCCCCC)COC(=O)CCCCCCCCCCCCCCCCCCCCCCCC. The summed E-state index contributed by atoms with van der Waals surface area (Å²) in [7, 11) is 0. The lowest BCUT2D eigenvalue weighted by atomic mass is 10.0. The summed E-state index contributed by atoms with van der Waals surface area (Å²) < 4.78 is 16.7. The zero-order valence-corrected chi connectivity index (χ0v) is 42.3. The largest absolute Gasteiger partial charge is 0.462 e. The van der Waals surface area contributed by atoms with Gasteiger partial charge in [-0.05, 0) is 57.8 Å². The van der Waals surface area contributed by atoms with Crippen molar-refractivity contribution in [3.63, 3.8) is 0 Å². The van der Waals surface area contributed by atoms with Gasteiger partial charge < -0.3 is 14.2 Å². The summed E-state index contributed by atoms with van der Waals surface area (Å²) >= 11 is 0. The van der Waals surface area contributed by atoms with Crippen LogP contribution in [0.3, 0.4) is 0 Å². The maximum Gasteiger partial charge on any atom is 0.306 e. The summed E-state index contributed by atoms with van der Waals surface area (Å²) in [5.41, 5.74) is 0. The fraction of sp³-hybridized carbons (Fsp3) is 0.776. The van der Waals surface area contributed by atoms with E-state index < -0.39 is 6.10 Å². The van der Waals surface area contributed by atoms with Crippen LogP contribution in [-0.2, 0) is 28.6 Å². The molecule has 0 saturated carbocycles. The molecule has 0 heterocycles. The van der Waals surface area contributed by atoms with Crippen LogP contribution in [0.1, 0.15) is 271 Å². The Bertz CT molecular complexity index is 1170. The van der Waals surface area contributed by atoms with Crippen LogP contribution in [0.5, 0.6) is 0 Å². The van der Waals surface area contributed by atoms with Gasteiger partial charge in [0.15, 0.2) is 6.10 Å². The Morgan fingerprint density at radius 3 is 0.938 bits per heavy atom. The van der Waals surface area contributed by atoms with Gasteiger partial charge in [-0.15, -0.1) is 0 Å². The number of rotatable bonds is 49. The lowest BCUT2D eigenvalue weighted by Crippen LogP contribution is -2.30. The molecule has 0 aliphatic heterocycles. The Kier molecular flexibility index (Phi) is 50.4. The van der Waals surface area contributed by atoms with Crippen molar-refractivity contribution >= 4 is 17.9 Å². The van der Waals surface area contributed by atoms with Gasteiger partial charge in [-0.1, -0.05) is 255 Å². The molecule has 1 unspecified atom stereocenters. The summed E-state index contributed by atoms with van der Waals surface area (Å²) in [4.78, 5) is 37.8. The Labute approximate surface area is 396 Å². The fourth-order valence-electron chi connectivity index (χ4n) is 7.71. The number of hydrogen-bond acceptors (Lipinski definition) is 6. The molecule has 0 rings (SSSR count). The molecule has 0 N–H and O–H groups in total. The standard InChI is InChI=1S/C58H102O6/c1-4-7-10-13-16-18-20-22-24-26-27-28-29-30-32-33-35-37-39-42-45-48-51-57(60)63-54-55(53-62-56(59)50-47-44-41-15-12-9-6-3)64-58(61)52-49-46-43-40-38-36-34-31-25-23-21-19-17-14-11-8-5-2/h8,11,17,19,23,25,34,36,40,43,55H,4-7,9-10,12-16,18,20-22,24,26-33,35,37-39,41-42,44-54H2,1-3H3/b11-8-,19-17-,25-23-,36-34-,43-40-. The predicted molar refractivity (Wildman–Crippen MR) is 275 cm³/mol. The van der Waals surface area contributed by atoms with Crippen LogP contribution in [0.25, 0.3) is 0 Å². The maximum absolute atomic E-state index is 12.7. The zero-order valence-electron chi connectivity index (χ0n) is 42.3. The minimum atomic E-state index is -0.798. The van der Waals surface area contributed by atoms with Crippen LogP contribution in [0.15, 0.2) is 60.8 Å². The zero-order chi connectivity index (χ0) is 46.5. The molecule has 6 nitrogen and oxygen atoms in total. The molecule has 0 fully saturated rings. The van der Waals surface area contributed by atoms with Crippen LogP contribution in [0.4, 0.5) is 0 Å². The minimum Gasteiger partial charge on any atom is -0.462 e. The van der Waals surface area contributed by atoms with E-state index in [0.29, 0.717) is 19.3 Å². The highest BCUT2D eigenvalue weighted by Gasteiger charge is 2.19. The van der Waals surface area contributed by atoms with Crippen molar-refractivity contribution in [2.45, 2.75) is 277 Å². The number of hydrogen-bond donors (Lipinski definition) is 0. The van der Waals surface area contributed by atoms with E-state index in [4.69, 9.17) is 14.2 Å². The van der Waals surface area contributed by atoms with Crippen molar-refractivity contribution < 1.29 is 28.6 Å². The van der Waals surface area contributed by atoms with Gasteiger partial charge in [-0.3, -0.25) is 14.4 Å². The predicted octanol–water partition coefficient (Wildman–Crippen LogP) is 18.0. The molecule has 0 aromatic rings. The molecular weight excluding hydrogens is 793 g/mol. The highest BCUT2D eigenvalue weighted by Crippen LogP contribution is 2.16. The molecule has 1 atom stereocenters. The number of esters is 3. The second kappa shape index (κ2) is 52.7. The van der Waals surface area contributed by atoms with Gasteiger partial charge in [0.1, 0.15) is 13.2 Å². The molecule has 0 aromatic heterocycles. The molecule has 0 bridgehead atoms. The average Bonchev–Trinajstić information content (AvgIpc) is 3.29. The second-order valence-corrected chi connectivity index (χ2v) is 18.1. The first-order chi connectivity index (χ1) is 31.5. The van der Waals surface area contributed by atoms with Crippen molar-refractivity contribution in [3.8, 4) is 0 Å². The molecule has 0 radical (unpaired) electrons. The van der Waals surface area contributed by atoms with E-state index in [-0.39, 0.29) is 37.5 Å². The first-order valence-electron chi connectivity index (χ1n) is 27.3. The number of carbonyl (C=O) groups excluding carboxylic acids is 3. The van der Waals surface area contributed by atoms with E-state index in [1.54, 1.807) is 0 Å². The Balaban J connectivity index is 4.24. The first-order valence-corrected chi connectivity index (χ1v) is 27.3. The average molecular weight is 895 g/mol. The van der Waals surface area contributed by atoms with E-state index in [9.17, 15) is 14.4 Å². The Hall–Kier alpha value is -2.89. The van der Waals surface area contributed by atoms with E-state index in [2.05, 4.69) is 81.5 Å². The third-order valence-electron chi connectivity index (χ3n) is 11.8. The smallest absolute Gasteiger partial charge is 0.306 e. The van der Waals surface area contributed by atoms with E-state index in [0.717, 1.165) is 77.0 Å². The molecule has 0 aromatic carbocycles. The molecule has 0 amide bonds. The summed E-state index contributed by atoms with van der Waals surface area (Å²) in [6.45, 7) is 6.46. The number of carbonyl (C=O) groups is 3. The van der Waals surface area contributed by atoms with Gasteiger partial charge in [-0.25, -0.2) is 0 Å². The quantitative estimate of drug-likeness (QED) is 0.0262. The van der Waals surface area contributed by atoms with E-state index in [1.165, 1.54) is 148 Å². The molecular formula is C58H102O6. The molecule has 0 aliphatic rings. The second-order valence-electron chi connectivity index (χ2n) is 18.1. The van der Waals surface area contributed by atoms with E-state index in [1.807, 2.05) is 0 Å². The van der Waals surface area contributed by atoms with Crippen LogP contribution in [-0.4, -0.2) is 37.2 Å². The lowest BCUT2D eigenvalue weighted by Gasteiger charge is -2.18. The third kappa shape index (κ3) is 50.1. The molecule has 64 heavy (non-hydrogen) atoms. The van der Waals surface area contributed by atoms with Crippen molar-refractivity contribution in [2.75, 3.05) is 13.2 Å². The van der Waals surface area contributed by atoms with Gasteiger partial charge in [0.25, 0.3) is 0 Å². The van der Waals surface area contributed by atoms with Crippen LogP contribution < -0.4 is 0 Å². The minimum absolute atomic E-state index is 0.0939. The molecule has 0 spiro atoms. The normalized spacial score (nSPS) is 12.5. The highest BCUT2D eigenvalue weighted by atomic mass is 16.6. The summed E-state index contributed by atoms with van der Waals surface area (Å²) in [5, 5.41) is 0. The van der Waals surface area contributed by atoms with Crippen molar-refractivity contribution in [1.29, 1.82) is 0 Å². The highest BCUT2D eigenvalue weighted by molar-refractivity contribution is 5.71. The van der Waals surface area contributed by atoms with Crippen LogP contribution in [0, 0.1) is 0 Å². The molecule has 0 saturated heterocycles. The van der Waals surface area contributed by atoms with Gasteiger partial charge in [-0.2, -0.15) is 0 Å². The Morgan fingerprint density at radius 1 is 0.328 bits per heavy atom. The molecule has 0 aliphatic carbocycles. The third-order valence-corrected chi connectivity index (χ3v) is 11.8. The maximum atomic E-state index is 12.7. The number of ether oxygens (including phenoxy) is 3. The van der Waals surface area contributed by atoms with Crippen molar-refractivity contribution in [3.05, 3.63) is 60.8 Å². The summed E-state index contributed by atoms with van der Waals surface area (Å²) in [6, 6.07) is 0. The number of unbranched alkanes of at least 4 members (excludes halogenated alkanes) is 28. The number of allylic oxidation sites excluding steroid dienone is 10. The Morgan fingerprint density at radius 2 is 0.609 bits per heavy atom. The topological polar surface area (TPSA) is 78.9 Å². The van der Waals surface area contributed by atoms with E-state index >= 15 is 0 Å². The molecule has 370 valence electrons. The van der Waals surface area contributed by atoms with Gasteiger partial charge in [0.2, 0.25) is 0 Å². The fourth-order valence-corrected chi connectivity index (χ4v) is 7.71. The van der Waals surface area contributed by atoms with Crippen LogP contribution in [0.2, 0.25) is 0 Å². The summed E-state index contributed by atoms with van der Waals surface area (Å²) in [5.74, 6) is -0.952. The van der Waals surface area contributed by atoms with Crippen molar-refractivity contribution in [1.82, 2.24) is 0 Å².